The normalized spacial score (nSPS) is 13.8. The monoisotopic (exact) mass is 1040 g/mol. The molecule has 7 aromatic rings. The van der Waals surface area contributed by atoms with Crippen LogP contribution in [0.15, 0.2) is 105 Å². The number of nitrogens with zero attached hydrogens (tertiary/aromatic N) is 5. The van der Waals surface area contributed by atoms with Gasteiger partial charge in [-0.3, -0.25) is 14.4 Å². The van der Waals surface area contributed by atoms with Crippen LogP contribution in [0.4, 0.5) is 4.79 Å². The maximum Gasteiger partial charge on any atom is 0.410 e. The molecule has 1 saturated heterocycles. The van der Waals surface area contributed by atoms with Crippen molar-refractivity contribution < 1.29 is 28.9 Å². The minimum atomic E-state index is -0.587. The van der Waals surface area contributed by atoms with E-state index in [0.29, 0.717) is 58.9 Å². The molecule has 4 aromatic carbocycles. The van der Waals surface area contributed by atoms with Gasteiger partial charge in [0.25, 0.3) is 16.7 Å². The van der Waals surface area contributed by atoms with Gasteiger partial charge < -0.3 is 47.6 Å². The number of aliphatic hydroxyl groups is 1. The van der Waals surface area contributed by atoms with Crippen molar-refractivity contribution >= 4 is 79.9 Å². The summed E-state index contributed by atoms with van der Waals surface area (Å²) in [5.74, 6) is 1.44. The highest BCUT2D eigenvalue weighted by atomic mass is 35.5. The second-order valence-corrected chi connectivity index (χ2v) is 20.2. The molecule has 0 unspecified atom stereocenters. The molecule has 9 rings (SSSR count). The summed E-state index contributed by atoms with van der Waals surface area (Å²) in [6.45, 7) is 16.3. The molecule has 0 spiro atoms. The van der Waals surface area contributed by atoms with E-state index < -0.39 is 5.60 Å². The molecule has 0 saturated carbocycles. The number of carbonyl (C=O) groups is 2. The Hall–Kier alpha value is -6.16. The van der Waals surface area contributed by atoms with Gasteiger partial charge in [-0.25, -0.2) is 4.79 Å². The zero-order chi connectivity index (χ0) is 51.9. The molecule has 2 aliphatic heterocycles. The van der Waals surface area contributed by atoms with Crippen LogP contribution >= 0.6 is 34.8 Å². The van der Waals surface area contributed by atoms with Gasteiger partial charge in [-0.1, -0.05) is 77.3 Å². The highest BCUT2D eigenvalue weighted by molar-refractivity contribution is 6.36. The SMILES string of the molecule is Cc1ccc2c(Cl)cc(=O)n(CC=O)c2c1.Cc1ccc2c(Cl)cc(=O)n(CCN3CCC(N(Cc4ccc5c(c4)OCCO5)C(=O)OC(C)(C)C)CC3)c2c1.Cc1ccc2c(Cl)cc(=O)n(CCO)c2c1. The first-order chi connectivity index (χ1) is 34.3. The van der Waals surface area contributed by atoms with Gasteiger partial charge in [0.05, 0.1) is 44.8 Å². The van der Waals surface area contributed by atoms with Gasteiger partial charge in [0.1, 0.15) is 25.1 Å². The largest absolute Gasteiger partial charge is 0.486 e. The van der Waals surface area contributed by atoms with E-state index in [9.17, 15) is 24.0 Å². The Bertz CT molecular complexity index is 3300. The summed E-state index contributed by atoms with van der Waals surface area (Å²) in [5.41, 5.74) is 5.36. The topological polar surface area (TPSA) is 155 Å². The molecule has 0 aliphatic carbocycles. The molecule has 0 bridgehead atoms. The summed E-state index contributed by atoms with van der Waals surface area (Å²) in [7, 11) is 0. The number of ether oxygens (including phenoxy) is 3. The molecular formula is C55H60Cl3N5O9. The van der Waals surface area contributed by atoms with Crippen LogP contribution in [0.2, 0.25) is 15.1 Å². The fourth-order valence-corrected chi connectivity index (χ4v) is 9.67. The van der Waals surface area contributed by atoms with Crippen LogP contribution in [0.3, 0.4) is 0 Å². The third kappa shape index (κ3) is 13.1. The lowest BCUT2D eigenvalue weighted by Gasteiger charge is -2.39. The molecule has 5 heterocycles. The Balaban J connectivity index is 0.000000193. The predicted octanol–water partition coefficient (Wildman–Crippen LogP) is 9.75. The number of halogens is 3. The van der Waals surface area contributed by atoms with Crippen LogP contribution in [0.1, 0.15) is 55.9 Å². The van der Waals surface area contributed by atoms with E-state index in [2.05, 4.69) is 4.90 Å². The molecule has 0 radical (unpaired) electrons. The van der Waals surface area contributed by atoms with E-state index in [4.69, 9.17) is 54.1 Å². The summed E-state index contributed by atoms with van der Waals surface area (Å²) in [6, 6.07) is 27.5. The summed E-state index contributed by atoms with van der Waals surface area (Å²) in [5, 5.41) is 12.8. The average molecular weight is 1040 g/mol. The zero-order valence-electron chi connectivity index (χ0n) is 41.4. The van der Waals surface area contributed by atoms with Gasteiger partial charge in [-0.15, -0.1) is 0 Å². The molecule has 0 atom stereocenters. The Kier molecular flexibility index (Phi) is 17.6. The van der Waals surface area contributed by atoms with Crippen molar-refractivity contribution in [2.75, 3.05) is 39.5 Å². The number of piperidine rings is 1. The summed E-state index contributed by atoms with van der Waals surface area (Å²) < 4.78 is 22.0. The third-order valence-corrected chi connectivity index (χ3v) is 13.4. The van der Waals surface area contributed by atoms with E-state index in [1.165, 1.54) is 27.3 Å². The van der Waals surface area contributed by atoms with Crippen molar-refractivity contribution in [3.05, 3.63) is 159 Å². The first-order valence-corrected chi connectivity index (χ1v) is 25.0. The fraction of sp³-hybridized carbons (Fsp3) is 0.364. The van der Waals surface area contributed by atoms with E-state index in [1.54, 1.807) is 0 Å². The van der Waals surface area contributed by atoms with Crippen molar-refractivity contribution in [2.45, 2.75) is 92.2 Å². The second kappa shape index (κ2) is 23.6. The van der Waals surface area contributed by atoms with Crippen LogP contribution < -0.4 is 26.2 Å². The fourth-order valence-electron chi connectivity index (χ4n) is 8.92. The van der Waals surface area contributed by atoms with Crippen LogP contribution in [-0.4, -0.2) is 92.1 Å². The van der Waals surface area contributed by atoms with E-state index in [1.807, 2.05) is 124 Å². The molecule has 1 amide bonds. The number of fused-ring (bicyclic) bond motifs is 4. The van der Waals surface area contributed by atoms with Crippen LogP contribution in [0, 0.1) is 20.8 Å². The molecular weight excluding hydrogens is 981 g/mol. The van der Waals surface area contributed by atoms with Gasteiger partial charge in [0.15, 0.2) is 11.5 Å². The van der Waals surface area contributed by atoms with Crippen LogP contribution in [-0.2, 0) is 35.7 Å². The van der Waals surface area contributed by atoms with Gasteiger partial charge in [0.2, 0.25) is 0 Å². The number of likely N-dealkylation sites (tertiary alicyclic amines) is 1. The Labute approximate surface area is 432 Å². The lowest BCUT2D eigenvalue weighted by atomic mass is 10.0. The summed E-state index contributed by atoms with van der Waals surface area (Å²) in [6.07, 6.45) is 2.03. The second-order valence-electron chi connectivity index (χ2n) is 19.0. The zero-order valence-corrected chi connectivity index (χ0v) is 43.7. The quantitative estimate of drug-likeness (QED) is 0.131. The van der Waals surface area contributed by atoms with Gasteiger partial charge in [0, 0.05) is 79.7 Å². The molecule has 17 heteroatoms. The van der Waals surface area contributed by atoms with E-state index in [-0.39, 0.29) is 48.5 Å². The minimum absolute atomic E-state index is 0.0426. The van der Waals surface area contributed by atoms with Gasteiger partial charge >= 0.3 is 6.09 Å². The van der Waals surface area contributed by atoms with Gasteiger partial charge in [-0.2, -0.15) is 0 Å². The number of benzene rings is 4. The minimum Gasteiger partial charge on any atom is -0.486 e. The van der Waals surface area contributed by atoms with E-state index in [0.717, 1.165) is 87.7 Å². The van der Waals surface area contributed by atoms with Crippen LogP contribution in [0.25, 0.3) is 32.7 Å². The highest BCUT2D eigenvalue weighted by Gasteiger charge is 2.32. The lowest BCUT2D eigenvalue weighted by molar-refractivity contribution is -0.108. The number of aryl methyl sites for hydroxylation is 3. The third-order valence-electron chi connectivity index (χ3n) is 12.5. The molecule has 1 N–H and O–H groups in total. The number of aldehydes is 1. The van der Waals surface area contributed by atoms with E-state index >= 15 is 0 Å². The number of pyridine rings is 3. The van der Waals surface area contributed by atoms with Crippen molar-refractivity contribution in [1.29, 1.82) is 0 Å². The maximum absolute atomic E-state index is 13.3. The van der Waals surface area contributed by atoms with Crippen LogP contribution in [0.5, 0.6) is 11.5 Å². The molecule has 380 valence electrons. The molecule has 72 heavy (non-hydrogen) atoms. The molecule has 1 fully saturated rings. The number of hydrogen-bond acceptors (Lipinski definition) is 10. The number of carbonyl (C=O) groups excluding carboxylic acids is 2. The standard InChI is InChI=1S/C31H38ClN3O5.C12H12ClNO2.C12H10ClNO2/c1-21-5-7-24-25(32)19-29(36)34(26(24)17-21)14-13-33-11-9-23(10-12-33)35(30(37)40-31(2,3)4)20-22-6-8-27-28(18-22)39-16-15-38-27;2*1-8-2-3-9-10(13)7-12(16)14(4-5-15)11(9)6-8/h5-8,17-19,23H,9-16,20H2,1-4H3;2-3,6-7,15H,4-5H2,1H3;2-3,5-7H,4H2,1H3. The van der Waals surface area contributed by atoms with Crippen molar-refractivity contribution in [3.8, 4) is 11.5 Å². The van der Waals surface area contributed by atoms with Crippen molar-refractivity contribution in [3.63, 3.8) is 0 Å². The Morgan fingerprint density at radius 1 is 0.667 bits per heavy atom. The highest BCUT2D eigenvalue weighted by Crippen LogP contribution is 2.33. The molecule has 3 aromatic heterocycles. The van der Waals surface area contributed by atoms with Crippen molar-refractivity contribution in [2.24, 2.45) is 0 Å². The average Bonchev–Trinajstić information content (AvgIpc) is 3.33. The summed E-state index contributed by atoms with van der Waals surface area (Å²) in [4.78, 5) is 64.3. The summed E-state index contributed by atoms with van der Waals surface area (Å²) >= 11 is 18.4. The number of aliphatic hydroxyl groups excluding tert-OH is 1. The Morgan fingerprint density at radius 3 is 1.62 bits per heavy atom. The van der Waals surface area contributed by atoms with Crippen molar-refractivity contribution in [1.82, 2.24) is 23.5 Å². The number of amides is 1. The lowest BCUT2D eigenvalue weighted by Crippen LogP contribution is -2.49. The predicted molar refractivity (Wildman–Crippen MR) is 286 cm³/mol. The maximum atomic E-state index is 13.3. The number of aromatic nitrogens is 3. The smallest absolute Gasteiger partial charge is 0.410 e. The first-order valence-electron chi connectivity index (χ1n) is 23.9. The Morgan fingerprint density at radius 2 is 1.14 bits per heavy atom. The number of hydrogen-bond donors (Lipinski definition) is 1. The van der Waals surface area contributed by atoms with Gasteiger partial charge in [-0.05, 0) is 107 Å². The number of rotatable bonds is 10. The first kappa shape index (κ1) is 53.6. The molecule has 14 nitrogen and oxygen atoms in total. The molecule has 2 aliphatic rings.